The first kappa shape index (κ1) is 25.4. The number of amides is 1. The number of hydrogen-bond donors (Lipinski definition) is 1. The van der Waals surface area contributed by atoms with E-state index in [1.807, 2.05) is 0 Å². The van der Waals surface area contributed by atoms with Crippen molar-refractivity contribution in [3.63, 3.8) is 0 Å². The van der Waals surface area contributed by atoms with Crippen LogP contribution in [0.4, 0.5) is 10.1 Å². The standard InChI is InChI=1S/C25H27FN2O5S/c1-4-28(5-2)34(30,31)22-14-15-24(33-21-12-10-20(26)11-13-21)23(16-22)27-25(29)19-8-6-18(7-9-19)17-32-3/h6-16H,4-5,17H2,1-3H3,(H,27,29). The molecular formula is C25H27FN2O5S. The normalized spacial score (nSPS) is 11.4. The number of anilines is 1. The maximum absolute atomic E-state index is 13.3. The smallest absolute Gasteiger partial charge is 0.255 e. The number of nitrogens with zero attached hydrogens (tertiary/aromatic N) is 1. The third-order valence-electron chi connectivity index (χ3n) is 5.11. The summed E-state index contributed by atoms with van der Waals surface area (Å²) >= 11 is 0. The summed E-state index contributed by atoms with van der Waals surface area (Å²) in [5, 5.41) is 2.75. The summed E-state index contributed by atoms with van der Waals surface area (Å²) < 4.78 is 51.6. The molecule has 1 N–H and O–H groups in total. The highest BCUT2D eigenvalue weighted by molar-refractivity contribution is 7.89. The second kappa shape index (κ2) is 11.2. The van der Waals surface area contributed by atoms with Crippen LogP contribution in [-0.4, -0.2) is 38.8 Å². The van der Waals surface area contributed by atoms with Crippen molar-refractivity contribution in [2.24, 2.45) is 0 Å². The first-order valence-corrected chi connectivity index (χ1v) is 12.2. The topological polar surface area (TPSA) is 84.9 Å². The van der Waals surface area contributed by atoms with E-state index in [0.29, 0.717) is 31.0 Å². The summed E-state index contributed by atoms with van der Waals surface area (Å²) in [4.78, 5) is 13.0. The van der Waals surface area contributed by atoms with Crippen LogP contribution in [0.2, 0.25) is 0 Å². The quantitative estimate of drug-likeness (QED) is 0.434. The van der Waals surface area contributed by atoms with Gasteiger partial charge in [-0.25, -0.2) is 12.8 Å². The van der Waals surface area contributed by atoms with E-state index in [1.165, 1.54) is 46.8 Å². The molecule has 0 bridgehead atoms. The van der Waals surface area contributed by atoms with Crippen LogP contribution >= 0.6 is 0 Å². The fourth-order valence-corrected chi connectivity index (χ4v) is 4.80. The summed E-state index contributed by atoms with van der Waals surface area (Å²) in [6, 6.07) is 16.5. The summed E-state index contributed by atoms with van der Waals surface area (Å²) in [6.07, 6.45) is 0. The van der Waals surface area contributed by atoms with Gasteiger partial charge in [-0.3, -0.25) is 4.79 Å². The molecule has 0 atom stereocenters. The highest BCUT2D eigenvalue weighted by Gasteiger charge is 2.24. The molecule has 3 aromatic rings. The zero-order chi connectivity index (χ0) is 24.7. The first-order valence-electron chi connectivity index (χ1n) is 10.7. The second-order valence-corrected chi connectivity index (χ2v) is 9.33. The zero-order valence-corrected chi connectivity index (χ0v) is 20.1. The minimum atomic E-state index is -3.77. The summed E-state index contributed by atoms with van der Waals surface area (Å²) in [5.41, 5.74) is 1.46. The van der Waals surface area contributed by atoms with Gasteiger partial charge in [0.1, 0.15) is 11.6 Å². The molecule has 3 rings (SSSR count). The lowest BCUT2D eigenvalue weighted by Gasteiger charge is -2.20. The minimum absolute atomic E-state index is 0.0217. The molecule has 0 heterocycles. The van der Waals surface area contributed by atoms with Gasteiger partial charge in [-0.15, -0.1) is 0 Å². The second-order valence-electron chi connectivity index (χ2n) is 7.39. The molecule has 3 aromatic carbocycles. The molecule has 0 radical (unpaired) electrons. The zero-order valence-electron chi connectivity index (χ0n) is 19.2. The molecule has 0 saturated carbocycles. The van der Waals surface area contributed by atoms with Crippen LogP contribution in [0, 0.1) is 5.82 Å². The third-order valence-corrected chi connectivity index (χ3v) is 7.16. The van der Waals surface area contributed by atoms with E-state index < -0.39 is 21.7 Å². The summed E-state index contributed by atoms with van der Waals surface area (Å²) in [6.45, 7) is 4.54. The predicted octanol–water partition coefficient (Wildman–Crippen LogP) is 5.05. The molecule has 0 fully saturated rings. The lowest BCUT2D eigenvalue weighted by Crippen LogP contribution is -2.30. The number of hydrogen-bond acceptors (Lipinski definition) is 5. The number of carbonyl (C=O) groups is 1. The highest BCUT2D eigenvalue weighted by Crippen LogP contribution is 2.33. The molecule has 0 spiro atoms. The molecule has 0 aliphatic heterocycles. The Morgan fingerprint density at radius 3 is 2.21 bits per heavy atom. The van der Waals surface area contributed by atoms with Gasteiger partial charge in [0.05, 0.1) is 17.2 Å². The molecule has 180 valence electrons. The molecule has 0 aliphatic rings. The lowest BCUT2D eigenvalue weighted by molar-refractivity contribution is 0.102. The van der Waals surface area contributed by atoms with Gasteiger partial charge in [-0.1, -0.05) is 26.0 Å². The van der Waals surface area contributed by atoms with Gasteiger partial charge >= 0.3 is 0 Å². The van der Waals surface area contributed by atoms with Crippen molar-refractivity contribution in [2.45, 2.75) is 25.3 Å². The fourth-order valence-electron chi connectivity index (χ4n) is 3.31. The highest BCUT2D eigenvalue weighted by atomic mass is 32.2. The number of methoxy groups -OCH3 is 1. The average Bonchev–Trinajstić information content (AvgIpc) is 2.82. The Balaban J connectivity index is 1.97. The van der Waals surface area contributed by atoms with Gasteiger partial charge in [0.2, 0.25) is 10.0 Å². The first-order chi connectivity index (χ1) is 16.3. The van der Waals surface area contributed by atoms with Crippen molar-refractivity contribution in [3.8, 4) is 11.5 Å². The Morgan fingerprint density at radius 2 is 1.62 bits per heavy atom. The van der Waals surface area contributed by atoms with E-state index in [4.69, 9.17) is 9.47 Å². The van der Waals surface area contributed by atoms with Gasteiger partial charge < -0.3 is 14.8 Å². The minimum Gasteiger partial charge on any atom is -0.455 e. The Labute approximate surface area is 199 Å². The van der Waals surface area contributed by atoms with E-state index in [0.717, 1.165) is 5.56 Å². The molecule has 34 heavy (non-hydrogen) atoms. The molecule has 7 nitrogen and oxygen atoms in total. The van der Waals surface area contributed by atoms with Crippen LogP contribution in [0.3, 0.4) is 0 Å². The predicted molar refractivity (Wildman–Crippen MR) is 128 cm³/mol. The maximum atomic E-state index is 13.3. The largest absolute Gasteiger partial charge is 0.455 e. The Morgan fingerprint density at radius 1 is 0.971 bits per heavy atom. The van der Waals surface area contributed by atoms with Crippen LogP contribution in [0.5, 0.6) is 11.5 Å². The van der Waals surface area contributed by atoms with Crippen molar-refractivity contribution >= 4 is 21.6 Å². The lowest BCUT2D eigenvalue weighted by atomic mass is 10.1. The number of nitrogens with one attached hydrogen (secondary N) is 1. The molecule has 0 unspecified atom stereocenters. The van der Waals surface area contributed by atoms with Gasteiger partial charge in [0.15, 0.2) is 5.75 Å². The van der Waals surface area contributed by atoms with Gasteiger partial charge in [0.25, 0.3) is 5.91 Å². The Bertz CT molecular complexity index is 1230. The maximum Gasteiger partial charge on any atom is 0.255 e. The van der Waals surface area contributed by atoms with Crippen molar-refractivity contribution in [1.29, 1.82) is 0 Å². The van der Waals surface area contributed by atoms with Crippen molar-refractivity contribution in [2.75, 3.05) is 25.5 Å². The van der Waals surface area contributed by atoms with Crippen LogP contribution < -0.4 is 10.1 Å². The third kappa shape index (κ3) is 5.99. The molecule has 0 aromatic heterocycles. The van der Waals surface area contributed by atoms with Crippen LogP contribution in [0.1, 0.15) is 29.8 Å². The Hall–Kier alpha value is -3.27. The van der Waals surface area contributed by atoms with Crippen LogP contribution in [0.15, 0.2) is 71.6 Å². The van der Waals surface area contributed by atoms with Crippen LogP contribution in [-0.2, 0) is 21.4 Å². The van der Waals surface area contributed by atoms with Crippen LogP contribution in [0.25, 0.3) is 0 Å². The molecule has 1 amide bonds. The SMILES string of the molecule is CCN(CC)S(=O)(=O)c1ccc(Oc2ccc(F)cc2)c(NC(=O)c2ccc(COC)cc2)c1. The van der Waals surface area contributed by atoms with Gasteiger partial charge in [0, 0.05) is 25.8 Å². The molecule has 0 saturated heterocycles. The summed E-state index contributed by atoms with van der Waals surface area (Å²) in [7, 11) is -2.18. The van der Waals surface area contributed by atoms with E-state index >= 15 is 0 Å². The summed E-state index contributed by atoms with van der Waals surface area (Å²) in [5.74, 6) is -0.307. The number of benzene rings is 3. The monoisotopic (exact) mass is 486 g/mol. The van der Waals surface area contributed by atoms with E-state index in [2.05, 4.69) is 5.32 Å². The Kier molecular flexibility index (Phi) is 8.38. The van der Waals surface area contributed by atoms with E-state index in [1.54, 1.807) is 45.2 Å². The average molecular weight is 487 g/mol. The molecular weight excluding hydrogens is 459 g/mol. The number of halogens is 1. The van der Waals surface area contributed by atoms with Gasteiger partial charge in [-0.2, -0.15) is 4.31 Å². The number of ether oxygens (including phenoxy) is 2. The van der Waals surface area contributed by atoms with Crippen molar-refractivity contribution in [1.82, 2.24) is 4.31 Å². The molecule has 9 heteroatoms. The van der Waals surface area contributed by atoms with E-state index in [9.17, 15) is 17.6 Å². The van der Waals surface area contributed by atoms with E-state index in [-0.39, 0.29) is 16.3 Å². The number of sulfonamides is 1. The van der Waals surface area contributed by atoms with Crippen molar-refractivity contribution < 1.29 is 27.1 Å². The fraction of sp³-hybridized carbons (Fsp3) is 0.240. The van der Waals surface area contributed by atoms with Gasteiger partial charge in [-0.05, 0) is 60.2 Å². The number of carbonyl (C=O) groups excluding carboxylic acids is 1. The number of rotatable bonds is 10. The molecule has 0 aliphatic carbocycles. The van der Waals surface area contributed by atoms with Crippen molar-refractivity contribution in [3.05, 3.63) is 83.7 Å².